The van der Waals surface area contributed by atoms with Crippen molar-refractivity contribution in [1.82, 2.24) is 0 Å². The van der Waals surface area contributed by atoms with Gasteiger partial charge in [-0.05, 0) is 36.4 Å². The van der Waals surface area contributed by atoms with Gasteiger partial charge in [0.2, 0.25) is 6.10 Å². The van der Waals surface area contributed by atoms with Gasteiger partial charge in [-0.1, -0.05) is 23.7 Å². The Balaban J connectivity index is 2.21. The second-order valence-electron chi connectivity index (χ2n) is 4.41. The van der Waals surface area contributed by atoms with Crippen LogP contribution in [0, 0.1) is 0 Å². The summed E-state index contributed by atoms with van der Waals surface area (Å²) in [6.45, 7) is 0. The molecule has 0 aromatic heterocycles. The molecule has 7 heteroatoms. The summed E-state index contributed by atoms with van der Waals surface area (Å²) in [5.41, 5.74) is -0.505. The predicted molar refractivity (Wildman–Crippen MR) is 73.9 cm³/mol. The molecular weight excluding hydrogens is 321 g/mol. The summed E-state index contributed by atoms with van der Waals surface area (Å²) >= 11 is 5.72. The van der Waals surface area contributed by atoms with E-state index in [1.165, 1.54) is 24.3 Å². The summed E-state index contributed by atoms with van der Waals surface area (Å²) in [7, 11) is 0. The summed E-state index contributed by atoms with van der Waals surface area (Å²) in [6.07, 6.45) is -5.80. The standard InChI is InChI=1S/C15H10ClF3O3/c16-11-5-1-9(2-6-11)13(14(20)21)22-12-7-3-10(4-8-12)15(17,18)19/h1-8,13H,(H,20,21). The fourth-order valence-corrected chi connectivity index (χ4v) is 1.88. The zero-order chi connectivity index (χ0) is 16.3. The average molecular weight is 331 g/mol. The number of hydrogen-bond acceptors (Lipinski definition) is 2. The number of carbonyl (C=O) groups is 1. The molecule has 0 spiro atoms. The minimum absolute atomic E-state index is 0.0235. The molecule has 1 unspecified atom stereocenters. The van der Waals surface area contributed by atoms with Crippen LogP contribution >= 0.6 is 11.6 Å². The molecule has 0 heterocycles. The lowest BCUT2D eigenvalue weighted by atomic mass is 10.1. The number of rotatable bonds is 4. The molecule has 1 N–H and O–H groups in total. The van der Waals surface area contributed by atoms with E-state index in [0.717, 1.165) is 24.3 Å². The predicted octanol–water partition coefficient (Wildman–Crippen LogP) is 4.56. The highest BCUT2D eigenvalue weighted by molar-refractivity contribution is 6.30. The number of ether oxygens (including phenoxy) is 1. The van der Waals surface area contributed by atoms with Crippen molar-refractivity contribution >= 4 is 17.6 Å². The molecule has 2 rings (SSSR count). The molecule has 0 aliphatic carbocycles. The summed E-state index contributed by atoms with van der Waals surface area (Å²) in [5.74, 6) is -1.24. The number of halogens is 4. The van der Waals surface area contributed by atoms with Crippen LogP contribution in [0.4, 0.5) is 13.2 Å². The monoisotopic (exact) mass is 330 g/mol. The number of aliphatic carboxylic acids is 1. The maximum Gasteiger partial charge on any atom is 0.416 e. The van der Waals surface area contributed by atoms with Gasteiger partial charge in [0.1, 0.15) is 5.75 Å². The van der Waals surface area contributed by atoms with Crippen molar-refractivity contribution in [3.05, 3.63) is 64.7 Å². The molecule has 0 fully saturated rings. The quantitative estimate of drug-likeness (QED) is 0.893. The van der Waals surface area contributed by atoms with Crippen molar-refractivity contribution in [2.24, 2.45) is 0 Å². The van der Waals surface area contributed by atoms with Gasteiger partial charge in [0, 0.05) is 10.6 Å². The smallest absolute Gasteiger partial charge is 0.416 e. The second-order valence-corrected chi connectivity index (χ2v) is 4.85. The largest absolute Gasteiger partial charge is 0.478 e. The van der Waals surface area contributed by atoms with Crippen molar-refractivity contribution in [2.45, 2.75) is 12.3 Å². The SMILES string of the molecule is O=C(O)C(Oc1ccc(C(F)(F)F)cc1)c1ccc(Cl)cc1. The molecule has 2 aromatic rings. The van der Waals surface area contributed by atoms with Gasteiger partial charge in [-0.2, -0.15) is 13.2 Å². The normalized spacial score (nSPS) is 12.7. The fourth-order valence-electron chi connectivity index (χ4n) is 1.76. The van der Waals surface area contributed by atoms with E-state index in [1.54, 1.807) is 0 Å². The summed E-state index contributed by atoms with van der Waals surface area (Å²) in [4.78, 5) is 11.3. The van der Waals surface area contributed by atoms with E-state index >= 15 is 0 Å². The molecule has 0 radical (unpaired) electrons. The van der Waals surface area contributed by atoms with Crippen molar-refractivity contribution in [3.63, 3.8) is 0 Å². The van der Waals surface area contributed by atoms with Crippen LogP contribution in [0.15, 0.2) is 48.5 Å². The van der Waals surface area contributed by atoms with Crippen LogP contribution in [0.2, 0.25) is 5.02 Å². The number of hydrogen-bond donors (Lipinski definition) is 1. The molecule has 1 atom stereocenters. The van der Waals surface area contributed by atoms with Crippen LogP contribution in [0.25, 0.3) is 0 Å². The molecule has 22 heavy (non-hydrogen) atoms. The summed E-state index contributed by atoms with van der Waals surface area (Å²) < 4.78 is 42.7. The van der Waals surface area contributed by atoms with Gasteiger partial charge in [0.25, 0.3) is 0 Å². The lowest BCUT2D eigenvalue weighted by Crippen LogP contribution is -2.18. The highest BCUT2D eigenvalue weighted by Gasteiger charge is 2.30. The Morgan fingerprint density at radius 3 is 2.05 bits per heavy atom. The average Bonchev–Trinajstić information content (AvgIpc) is 2.45. The first kappa shape index (κ1) is 16.2. The Hall–Kier alpha value is -2.21. The van der Waals surface area contributed by atoms with Gasteiger partial charge in [0.05, 0.1) is 5.56 Å². The van der Waals surface area contributed by atoms with Crippen molar-refractivity contribution < 1.29 is 27.8 Å². The van der Waals surface area contributed by atoms with Crippen molar-refractivity contribution in [3.8, 4) is 5.75 Å². The second kappa shape index (κ2) is 6.27. The lowest BCUT2D eigenvalue weighted by Gasteiger charge is -2.16. The molecule has 0 saturated carbocycles. The van der Waals surface area contributed by atoms with E-state index in [9.17, 15) is 23.1 Å². The Morgan fingerprint density at radius 2 is 1.59 bits per heavy atom. The molecule has 116 valence electrons. The Kier molecular flexibility index (Phi) is 4.61. The first-order chi connectivity index (χ1) is 10.3. The third-order valence-electron chi connectivity index (χ3n) is 2.83. The third kappa shape index (κ3) is 3.92. The molecular formula is C15H10ClF3O3. The molecule has 0 aliphatic rings. The van der Waals surface area contributed by atoms with Crippen LogP contribution in [0.5, 0.6) is 5.75 Å². The van der Waals surface area contributed by atoms with Gasteiger partial charge in [-0.15, -0.1) is 0 Å². The molecule has 3 nitrogen and oxygen atoms in total. The van der Waals surface area contributed by atoms with Crippen LogP contribution in [-0.4, -0.2) is 11.1 Å². The Bertz CT molecular complexity index is 651. The third-order valence-corrected chi connectivity index (χ3v) is 3.08. The van der Waals surface area contributed by atoms with Gasteiger partial charge in [0.15, 0.2) is 0 Å². The molecule has 0 amide bonds. The number of benzene rings is 2. The highest BCUT2D eigenvalue weighted by Crippen LogP contribution is 2.31. The van der Waals surface area contributed by atoms with Crippen LogP contribution < -0.4 is 4.74 Å². The zero-order valence-corrected chi connectivity index (χ0v) is 11.7. The zero-order valence-electron chi connectivity index (χ0n) is 11.0. The van der Waals surface area contributed by atoms with Crippen LogP contribution in [-0.2, 0) is 11.0 Å². The maximum atomic E-state index is 12.5. The van der Waals surface area contributed by atoms with E-state index < -0.39 is 23.8 Å². The van der Waals surface area contributed by atoms with Gasteiger partial charge in [-0.25, -0.2) is 4.79 Å². The minimum Gasteiger partial charge on any atom is -0.478 e. The van der Waals surface area contributed by atoms with E-state index in [-0.39, 0.29) is 5.75 Å². The van der Waals surface area contributed by atoms with E-state index in [2.05, 4.69) is 0 Å². The molecule has 0 bridgehead atoms. The fraction of sp³-hybridized carbons (Fsp3) is 0.133. The van der Waals surface area contributed by atoms with Crippen molar-refractivity contribution in [1.29, 1.82) is 0 Å². The number of alkyl halides is 3. The van der Waals surface area contributed by atoms with E-state index in [0.29, 0.717) is 10.6 Å². The first-order valence-corrected chi connectivity index (χ1v) is 6.47. The number of carboxylic acids is 1. The van der Waals surface area contributed by atoms with Crippen molar-refractivity contribution in [2.75, 3.05) is 0 Å². The van der Waals surface area contributed by atoms with Gasteiger partial charge in [-0.3, -0.25) is 0 Å². The Morgan fingerprint density at radius 1 is 1.05 bits per heavy atom. The van der Waals surface area contributed by atoms with Gasteiger partial charge < -0.3 is 9.84 Å². The summed E-state index contributed by atoms with van der Waals surface area (Å²) in [5, 5.41) is 9.64. The maximum absolute atomic E-state index is 12.5. The van der Waals surface area contributed by atoms with Gasteiger partial charge >= 0.3 is 12.1 Å². The van der Waals surface area contributed by atoms with Crippen LogP contribution in [0.1, 0.15) is 17.2 Å². The van der Waals surface area contributed by atoms with E-state index in [4.69, 9.17) is 16.3 Å². The molecule has 2 aromatic carbocycles. The summed E-state index contributed by atoms with van der Waals surface area (Å²) in [6, 6.07) is 9.78. The minimum atomic E-state index is -4.46. The topological polar surface area (TPSA) is 46.5 Å². The van der Waals surface area contributed by atoms with E-state index in [1.807, 2.05) is 0 Å². The molecule has 0 saturated heterocycles. The highest BCUT2D eigenvalue weighted by atomic mass is 35.5. The first-order valence-electron chi connectivity index (χ1n) is 6.09. The van der Waals surface area contributed by atoms with Crippen LogP contribution in [0.3, 0.4) is 0 Å². The number of carboxylic acid groups (broad SMARTS) is 1. The Labute approximate surface area is 128 Å². The molecule has 0 aliphatic heterocycles. The lowest BCUT2D eigenvalue weighted by molar-refractivity contribution is -0.145.